The van der Waals surface area contributed by atoms with Crippen molar-refractivity contribution in [3.63, 3.8) is 0 Å². The molecule has 502 valence electrons. The minimum atomic E-state index is 0.697. The van der Waals surface area contributed by atoms with Crippen LogP contribution in [0.3, 0.4) is 0 Å². The first-order valence-electron chi connectivity index (χ1n) is 41.4. The molecule has 15 fully saturated rings. The quantitative estimate of drug-likeness (QED) is 0.168. The Morgan fingerprint density at radius 2 is 0.557 bits per heavy atom. The molecule has 88 heavy (non-hydrogen) atoms. The molecule has 0 saturated heterocycles. The molecule has 0 radical (unpaired) electrons. The van der Waals surface area contributed by atoms with Gasteiger partial charge in [-0.05, 0) is 303 Å². The summed E-state index contributed by atoms with van der Waals surface area (Å²) in [4.78, 5) is 0. The maximum absolute atomic E-state index is 2.63. The highest BCUT2D eigenvalue weighted by molar-refractivity contribution is 5.31. The third-order valence-corrected chi connectivity index (χ3v) is 28.7. The molecular formula is C88H150. The van der Waals surface area contributed by atoms with Crippen molar-refractivity contribution in [2.75, 3.05) is 0 Å². The number of allylic oxidation sites excluding steroid dienone is 14. The Balaban J connectivity index is 0.000000150. The third-order valence-electron chi connectivity index (χ3n) is 28.7. The van der Waals surface area contributed by atoms with Gasteiger partial charge < -0.3 is 0 Å². The molecule has 22 aliphatic carbocycles. The zero-order valence-corrected chi connectivity index (χ0v) is 62.8. The Labute approximate surface area is 551 Å². The van der Waals surface area contributed by atoms with Crippen LogP contribution in [0.4, 0.5) is 0 Å². The molecule has 0 aromatic rings. The Morgan fingerprint density at radius 1 is 0.239 bits per heavy atom. The SMILES string of the molecule is C1=CC23CC1CC2C1C2C=CC(C2)C1C3.C1=CC2C(C1)C1CC2C2C3C=CC(C3)C12.C1=CC2CC1C1C3CC(C21)C1C2C=CC(C2)C31.C1=CC2CC1C1C3CC(C21)C1C2CCC(C2)C31.CC.CC.CC.CC.CC.CC.CC.CC.CC.CC.CC.CC. The molecule has 22 aliphatic rings. The average molecular weight is 1210 g/mol. The minimum absolute atomic E-state index is 0.697. The standard InChI is InChI=1S/C17H22.C17H20.2C15H18.12C2H6/c2*1-2-9-5-8(1)14-12-7-13(15(9)14)17-11-4-3-10(6-11)16(12)17;1-2-11-6-10(1)12-8-15-4-3-9(7-15)5-13(15)14(11)12;1-2-10-11(3-1)13-7-12(10)14-8-4-5-9(6-8)15(13)14;12*1-2/h1-2,8-17H,3-7H2;1-4,8-17H,5-7H2;1-4,9-14H,5-8H2;1-2,4-5,8-15H,3,6-7H2;12*1-2H3. The van der Waals surface area contributed by atoms with Gasteiger partial charge in [-0.15, -0.1) is 0 Å². The van der Waals surface area contributed by atoms with Crippen molar-refractivity contribution in [2.45, 2.75) is 262 Å². The van der Waals surface area contributed by atoms with E-state index in [0.29, 0.717) is 5.41 Å². The summed E-state index contributed by atoms with van der Waals surface area (Å²) < 4.78 is 0. The maximum Gasteiger partial charge on any atom is -0.00782 e. The van der Waals surface area contributed by atoms with Crippen molar-refractivity contribution < 1.29 is 0 Å². The molecule has 0 aliphatic heterocycles. The van der Waals surface area contributed by atoms with Gasteiger partial charge in [-0.25, -0.2) is 0 Å². The lowest BCUT2D eigenvalue weighted by atomic mass is 9.61. The van der Waals surface area contributed by atoms with E-state index >= 15 is 0 Å². The molecule has 0 N–H and O–H groups in total. The number of hydrogen-bond acceptors (Lipinski definition) is 0. The van der Waals surface area contributed by atoms with E-state index in [1.165, 1.54) is 80.5 Å². The number of hydrogen-bond donors (Lipinski definition) is 0. The fourth-order valence-corrected chi connectivity index (χ4v) is 28.2. The van der Waals surface area contributed by atoms with Gasteiger partial charge in [0.15, 0.2) is 0 Å². The van der Waals surface area contributed by atoms with Crippen molar-refractivity contribution in [1.29, 1.82) is 0 Å². The largest absolute Gasteiger partial charge is 0.0879 e. The first kappa shape index (κ1) is 73.6. The summed E-state index contributed by atoms with van der Waals surface area (Å²) in [6.45, 7) is 48.0. The average Bonchev–Trinajstić information content (AvgIpc) is 1.56. The minimum Gasteiger partial charge on any atom is -0.0879 e. The highest BCUT2D eigenvalue weighted by Gasteiger charge is 2.71. The van der Waals surface area contributed by atoms with Crippen molar-refractivity contribution in [3.8, 4) is 0 Å². The molecule has 0 nitrogen and oxygen atoms in total. The van der Waals surface area contributed by atoms with Gasteiger partial charge in [0.1, 0.15) is 0 Å². The Kier molecular flexibility index (Phi) is 27.6. The molecule has 0 aromatic heterocycles. The lowest BCUT2D eigenvalue weighted by Gasteiger charge is -2.44. The fourth-order valence-electron chi connectivity index (χ4n) is 28.2. The highest BCUT2D eigenvalue weighted by Crippen LogP contribution is 2.78. The van der Waals surface area contributed by atoms with Crippen LogP contribution in [0.2, 0.25) is 0 Å². The van der Waals surface area contributed by atoms with Crippen LogP contribution in [0.25, 0.3) is 0 Å². The molecule has 33 atom stereocenters. The summed E-state index contributed by atoms with van der Waals surface area (Å²) in [6, 6.07) is 0. The normalized spacial score (nSPS) is 51.4. The lowest BCUT2D eigenvalue weighted by Crippen LogP contribution is -2.39. The third kappa shape index (κ3) is 11.6. The maximum atomic E-state index is 2.63. The van der Waals surface area contributed by atoms with Gasteiger partial charge in [-0.3, -0.25) is 0 Å². The van der Waals surface area contributed by atoms with Gasteiger partial charge in [0.25, 0.3) is 0 Å². The molecule has 0 heterocycles. The molecule has 0 heteroatoms. The summed E-state index contributed by atoms with van der Waals surface area (Å²) >= 11 is 0. The van der Waals surface area contributed by atoms with Gasteiger partial charge >= 0.3 is 0 Å². The van der Waals surface area contributed by atoms with Crippen LogP contribution in [-0.4, -0.2) is 0 Å². The highest BCUT2D eigenvalue weighted by atomic mass is 14.8. The smallest absolute Gasteiger partial charge is 0.00782 e. The zero-order chi connectivity index (χ0) is 64.6. The predicted molar refractivity (Wildman–Crippen MR) is 391 cm³/mol. The van der Waals surface area contributed by atoms with Crippen molar-refractivity contribution >= 4 is 0 Å². The van der Waals surface area contributed by atoms with Gasteiger partial charge in [-0.1, -0.05) is 251 Å². The van der Waals surface area contributed by atoms with E-state index in [2.05, 4.69) is 85.1 Å². The van der Waals surface area contributed by atoms with Crippen LogP contribution in [0, 0.1) is 207 Å². The van der Waals surface area contributed by atoms with E-state index in [-0.39, 0.29) is 0 Å². The summed E-state index contributed by atoms with van der Waals surface area (Å²) in [6.07, 6.45) is 59.4. The predicted octanol–water partition coefficient (Wildman–Crippen LogP) is 26.2. The van der Waals surface area contributed by atoms with Gasteiger partial charge in [0.2, 0.25) is 0 Å². The zero-order valence-electron chi connectivity index (χ0n) is 62.8. The van der Waals surface area contributed by atoms with E-state index < -0.39 is 0 Å². The van der Waals surface area contributed by atoms with Gasteiger partial charge in [-0.2, -0.15) is 0 Å². The lowest BCUT2D eigenvalue weighted by molar-refractivity contribution is 0.0505. The van der Waals surface area contributed by atoms with Crippen LogP contribution in [0.15, 0.2) is 85.1 Å². The number of fused-ring (bicyclic) bond motifs is 51. The van der Waals surface area contributed by atoms with Crippen LogP contribution in [0.5, 0.6) is 0 Å². The van der Waals surface area contributed by atoms with Crippen LogP contribution in [0.1, 0.15) is 262 Å². The topological polar surface area (TPSA) is 0 Å². The van der Waals surface area contributed by atoms with Crippen LogP contribution < -0.4 is 0 Å². The fraction of sp³-hybridized carbons (Fsp3) is 0.841. The second-order valence-electron chi connectivity index (χ2n) is 29.3. The van der Waals surface area contributed by atoms with Crippen molar-refractivity contribution in [2.24, 2.45) is 207 Å². The first-order valence-corrected chi connectivity index (χ1v) is 41.4. The molecule has 22 rings (SSSR count). The van der Waals surface area contributed by atoms with E-state index in [1.54, 1.807) is 51.4 Å². The van der Waals surface area contributed by atoms with Gasteiger partial charge in [0.05, 0.1) is 0 Å². The molecule has 1 spiro atoms. The molecule has 15 saturated carbocycles. The van der Waals surface area contributed by atoms with Crippen LogP contribution in [-0.2, 0) is 0 Å². The summed E-state index contributed by atoms with van der Waals surface area (Å²) in [7, 11) is 0. The van der Waals surface area contributed by atoms with E-state index in [0.717, 1.165) is 166 Å². The molecule has 20 bridgehead atoms. The Hall–Kier alpha value is -1.82. The Bertz CT molecular complexity index is 2160. The summed E-state index contributed by atoms with van der Waals surface area (Å²) in [5.41, 5.74) is 0.697. The first-order chi connectivity index (χ1) is 43.6. The molecule has 0 amide bonds. The van der Waals surface area contributed by atoms with Crippen molar-refractivity contribution in [3.05, 3.63) is 85.1 Å². The second-order valence-corrected chi connectivity index (χ2v) is 29.3. The van der Waals surface area contributed by atoms with Crippen LogP contribution >= 0.6 is 0 Å². The summed E-state index contributed by atoms with van der Waals surface area (Å²) in [5.74, 6) is 37.0. The Morgan fingerprint density at radius 3 is 0.943 bits per heavy atom. The van der Waals surface area contributed by atoms with E-state index in [1.807, 2.05) is 166 Å². The van der Waals surface area contributed by atoms with Crippen molar-refractivity contribution in [1.82, 2.24) is 0 Å². The second kappa shape index (κ2) is 33.0. The van der Waals surface area contributed by atoms with E-state index in [4.69, 9.17) is 0 Å². The number of rotatable bonds is 0. The summed E-state index contributed by atoms with van der Waals surface area (Å²) in [5, 5.41) is 0. The molecular weight excluding hydrogens is 1060 g/mol. The molecule has 0 aromatic carbocycles. The van der Waals surface area contributed by atoms with E-state index in [9.17, 15) is 0 Å². The molecule has 33 unspecified atom stereocenters. The monoisotopic (exact) mass is 1210 g/mol. The van der Waals surface area contributed by atoms with Gasteiger partial charge in [0, 0.05) is 0 Å².